The Morgan fingerprint density at radius 2 is 2.29 bits per heavy atom. The molecule has 2 N–H and O–H groups in total. The van der Waals surface area contributed by atoms with Crippen LogP contribution < -0.4 is 5.32 Å². The molecule has 1 heterocycles. The molecule has 1 aromatic heterocycles. The van der Waals surface area contributed by atoms with E-state index in [4.69, 9.17) is 5.11 Å². The average Bonchev–Trinajstić information content (AvgIpc) is 2.28. The van der Waals surface area contributed by atoms with E-state index in [1.807, 2.05) is 6.92 Å². The predicted molar refractivity (Wildman–Crippen MR) is 62.1 cm³/mol. The average molecular weight is 240 g/mol. The van der Waals surface area contributed by atoms with Crippen LogP contribution in [0.4, 0.5) is 4.39 Å². The molecule has 2 unspecified atom stereocenters. The van der Waals surface area contributed by atoms with Crippen LogP contribution in [0, 0.1) is 5.82 Å². The van der Waals surface area contributed by atoms with E-state index in [0.717, 1.165) is 12.6 Å². The van der Waals surface area contributed by atoms with Crippen molar-refractivity contribution in [3.63, 3.8) is 0 Å². The first kappa shape index (κ1) is 13.6. The van der Waals surface area contributed by atoms with Crippen LogP contribution in [0.3, 0.4) is 0 Å². The van der Waals surface area contributed by atoms with Crippen LogP contribution >= 0.6 is 0 Å². The van der Waals surface area contributed by atoms with Crippen molar-refractivity contribution in [2.45, 2.75) is 38.8 Å². The predicted octanol–water partition coefficient (Wildman–Crippen LogP) is 2.12. The molecule has 0 saturated carbocycles. The zero-order valence-corrected chi connectivity index (χ0v) is 9.98. The van der Waals surface area contributed by atoms with Gasteiger partial charge in [-0.15, -0.1) is 0 Å². The monoisotopic (exact) mass is 240 g/mol. The molecule has 0 radical (unpaired) electrons. The normalized spacial score (nSPS) is 14.3. The summed E-state index contributed by atoms with van der Waals surface area (Å²) >= 11 is 0. The molecule has 0 saturated heterocycles. The Kier molecular flexibility index (Phi) is 5.03. The fraction of sp³-hybridized carbons (Fsp3) is 0.500. The van der Waals surface area contributed by atoms with Crippen LogP contribution in [0.5, 0.6) is 0 Å². The number of nitrogens with zero attached hydrogens (tertiary/aromatic N) is 1. The van der Waals surface area contributed by atoms with E-state index < -0.39 is 17.8 Å². The van der Waals surface area contributed by atoms with Gasteiger partial charge in [-0.25, -0.2) is 4.39 Å². The van der Waals surface area contributed by atoms with Crippen molar-refractivity contribution in [1.82, 2.24) is 10.3 Å². The van der Waals surface area contributed by atoms with Gasteiger partial charge in [-0.3, -0.25) is 15.1 Å². The second-order valence-corrected chi connectivity index (χ2v) is 4.00. The largest absolute Gasteiger partial charge is 0.480 e. The minimum absolute atomic E-state index is 0.245. The zero-order valence-electron chi connectivity index (χ0n) is 9.98. The van der Waals surface area contributed by atoms with Crippen molar-refractivity contribution in [3.05, 3.63) is 29.8 Å². The smallest absolute Gasteiger partial charge is 0.320 e. The lowest BCUT2D eigenvalue weighted by molar-refractivity contribution is -0.139. The molecule has 0 amide bonds. The summed E-state index contributed by atoms with van der Waals surface area (Å²) in [6, 6.07) is 0.499. The molecule has 94 valence electrons. The number of aliphatic carboxylic acids is 1. The van der Waals surface area contributed by atoms with Crippen LogP contribution in [0.25, 0.3) is 0 Å². The van der Waals surface area contributed by atoms with Crippen LogP contribution in [-0.4, -0.2) is 22.1 Å². The lowest BCUT2D eigenvalue weighted by Gasteiger charge is -2.19. The maximum Gasteiger partial charge on any atom is 0.320 e. The summed E-state index contributed by atoms with van der Waals surface area (Å²) in [5.74, 6) is -1.30. The second kappa shape index (κ2) is 6.30. The third-order valence-electron chi connectivity index (χ3n) is 2.55. The van der Waals surface area contributed by atoms with Gasteiger partial charge < -0.3 is 5.11 Å². The summed E-state index contributed by atoms with van der Waals surface area (Å²) in [6.07, 6.45) is 3.98. The number of hydrogen-bond donors (Lipinski definition) is 2. The lowest BCUT2D eigenvalue weighted by atomic mass is 10.1. The molecule has 5 heteroatoms. The van der Waals surface area contributed by atoms with Crippen molar-refractivity contribution in [1.29, 1.82) is 0 Å². The van der Waals surface area contributed by atoms with E-state index in [-0.39, 0.29) is 6.04 Å². The zero-order chi connectivity index (χ0) is 12.8. The third-order valence-corrected chi connectivity index (χ3v) is 2.55. The maximum atomic E-state index is 13.0. The molecule has 0 aliphatic rings. The Bertz CT molecular complexity index is 385. The highest BCUT2D eigenvalue weighted by molar-refractivity contribution is 5.73. The maximum absolute atomic E-state index is 13.0. The summed E-state index contributed by atoms with van der Waals surface area (Å²) in [5.41, 5.74) is 0.646. The molecule has 0 fully saturated rings. The Morgan fingerprint density at radius 1 is 1.59 bits per heavy atom. The highest BCUT2D eigenvalue weighted by Crippen LogP contribution is 2.14. The van der Waals surface area contributed by atoms with Gasteiger partial charge in [0.2, 0.25) is 0 Å². The first-order valence-corrected chi connectivity index (χ1v) is 5.64. The van der Waals surface area contributed by atoms with Crippen LogP contribution in [0.15, 0.2) is 18.5 Å². The number of rotatable bonds is 6. The molecule has 0 aliphatic heterocycles. The summed E-state index contributed by atoms with van der Waals surface area (Å²) in [6.45, 7) is 3.72. The van der Waals surface area contributed by atoms with E-state index in [1.165, 1.54) is 12.3 Å². The van der Waals surface area contributed by atoms with Gasteiger partial charge in [0.25, 0.3) is 0 Å². The first-order valence-electron chi connectivity index (χ1n) is 5.64. The fourth-order valence-electron chi connectivity index (χ4n) is 1.63. The standard InChI is InChI=1S/C12H17FN2O2/c1-3-4-11(12(16)17)15-8(2)9-5-10(13)7-14-6-9/h5-8,11,15H,3-4H2,1-2H3,(H,16,17). The molecule has 1 rings (SSSR count). The molecule has 4 nitrogen and oxygen atoms in total. The van der Waals surface area contributed by atoms with Crippen molar-refractivity contribution in [2.24, 2.45) is 0 Å². The Hall–Kier alpha value is -1.49. The summed E-state index contributed by atoms with van der Waals surface area (Å²) in [5, 5.41) is 12.0. The van der Waals surface area contributed by atoms with Crippen LogP contribution in [0.2, 0.25) is 0 Å². The topological polar surface area (TPSA) is 62.2 Å². The number of halogens is 1. The minimum Gasteiger partial charge on any atom is -0.480 e. The minimum atomic E-state index is -0.886. The number of pyridine rings is 1. The number of hydrogen-bond acceptors (Lipinski definition) is 3. The van der Waals surface area contributed by atoms with Gasteiger partial charge in [-0.05, 0) is 25.0 Å². The molecule has 0 bridgehead atoms. The van der Waals surface area contributed by atoms with E-state index >= 15 is 0 Å². The Morgan fingerprint density at radius 3 is 2.82 bits per heavy atom. The molecular weight excluding hydrogens is 223 g/mol. The molecule has 0 spiro atoms. The highest BCUT2D eigenvalue weighted by Gasteiger charge is 2.19. The molecule has 0 aromatic carbocycles. The van der Waals surface area contributed by atoms with Gasteiger partial charge in [0, 0.05) is 12.2 Å². The van der Waals surface area contributed by atoms with Gasteiger partial charge in [0.05, 0.1) is 6.20 Å². The summed E-state index contributed by atoms with van der Waals surface area (Å²) in [4.78, 5) is 14.7. The quantitative estimate of drug-likeness (QED) is 0.799. The highest BCUT2D eigenvalue weighted by atomic mass is 19.1. The van der Waals surface area contributed by atoms with Crippen molar-refractivity contribution >= 4 is 5.97 Å². The number of nitrogens with one attached hydrogen (secondary N) is 1. The number of carboxylic acid groups (broad SMARTS) is 1. The SMILES string of the molecule is CCCC(NC(C)c1cncc(F)c1)C(=O)O. The second-order valence-electron chi connectivity index (χ2n) is 4.00. The van der Waals surface area contributed by atoms with Gasteiger partial charge in [0.1, 0.15) is 11.9 Å². The molecular formula is C12H17FN2O2. The summed E-state index contributed by atoms with van der Waals surface area (Å²) < 4.78 is 13.0. The van der Waals surface area contributed by atoms with Crippen molar-refractivity contribution in [3.8, 4) is 0 Å². The number of aromatic nitrogens is 1. The van der Waals surface area contributed by atoms with Crippen molar-refractivity contribution in [2.75, 3.05) is 0 Å². The summed E-state index contributed by atoms with van der Waals surface area (Å²) in [7, 11) is 0. The van der Waals surface area contributed by atoms with Gasteiger partial charge in [0.15, 0.2) is 0 Å². The van der Waals surface area contributed by atoms with Crippen molar-refractivity contribution < 1.29 is 14.3 Å². The van der Waals surface area contributed by atoms with Crippen LogP contribution in [-0.2, 0) is 4.79 Å². The Balaban J connectivity index is 2.69. The van der Waals surface area contributed by atoms with Gasteiger partial charge in [-0.1, -0.05) is 13.3 Å². The van der Waals surface area contributed by atoms with Crippen LogP contribution in [0.1, 0.15) is 38.3 Å². The molecule has 0 aliphatic carbocycles. The molecule has 1 aromatic rings. The first-order chi connectivity index (χ1) is 8.04. The fourth-order valence-corrected chi connectivity index (χ4v) is 1.63. The Labute approximate surface area is 99.9 Å². The number of carbonyl (C=O) groups is 1. The third kappa shape index (κ3) is 4.11. The van der Waals surface area contributed by atoms with E-state index in [0.29, 0.717) is 12.0 Å². The lowest BCUT2D eigenvalue weighted by Crippen LogP contribution is -2.38. The van der Waals surface area contributed by atoms with Gasteiger partial charge in [-0.2, -0.15) is 0 Å². The van der Waals surface area contributed by atoms with E-state index in [9.17, 15) is 9.18 Å². The molecule has 17 heavy (non-hydrogen) atoms. The van der Waals surface area contributed by atoms with E-state index in [2.05, 4.69) is 10.3 Å². The molecule has 2 atom stereocenters. The van der Waals surface area contributed by atoms with E-state index in [1.54, 1.807) is 6.92 Å². The van der Waals surface area contributed by atoms with Gasteiger partial charge >= 0.3 is 5.97 Å². The number of carboxylic acids is 1.